The first-order valence-corrected chi connectivity index (χ1v) is 5.49. The van der Waals surface area contributed by atoms with E-state index in [4.69, 9.17) is 0 Å². The maximum Gasteiger partial charge on any atom is -0.0236 e. The predicted octanol–water partition coefficient (Wildman–Crippen LogP) is 4.17. The Labute approximate surface area is 77.1 Å². The zero-order chi connectivity index (χ0) is 8.81. The van der Waals surface area contributed by atoms with Crippen LogP contribution < -0.4 is 0 Å². The topological polar surface area (TPSA) is 0 Å². The van der Waals surface area contributed by atoms with Crippen LogP contribution in [0.2, 0.25) is 0 Å². The maximum atomic E-state index is 3.87. The lowest BCUT2D eigenvalue weighted by Crippen LogP contribution is -2.12. The van der Waals surface area contributed by atoms with Crippen LogP contribution in [-0.4, -0.2) is 0 Å². The van der Waals surface area contributed by atoms with Gasteiger partial charge < -0.3 is 0 Å². The van der Waals surface area contributed by atoms with Crippen molar-refractivity contribution in [2.24, 2.45) is 11.8 Å². The molecule has 0 aliphatic heterocycles. The summed E-state index contributed by atoms with van der Waals surface area (Å²) in [5.41, 5.74) is 0. The van der Waals surface area contributed by atoms with Crippen LogP contribution >= 0.6 is 0 Å². The largest absolute Gasteiger partial charge is 0.103 e. The third kappa shape index (κ3) is 3.00. The lowest BCUT2D eigenvalue weighted by Gasteiger charge is -2.26. The van der Waals surface area contributed by atoms with Gasteiger partial charge in [0.1, 0.15) is 0 Å². The minimum absolute atomic E-state index is 0.836. The van der Waals surface area contributed by atoms with Crippen LogP contribution in [0, 0.1) is 11.8 Å². The van der Waals surface area contributed by atoms with Gasteiger partial charge in [-0.3, -0.25) is 0 Å². The third-order valence-electron chi connectivity index (χ3n) is 3.19. The monoisotopic (exact) mass is 166 g/mol. The van der Waals surface area contributed by atoms with E-state index in [1.165, 1.54) is 44.9 Å². The molecule has 0 radical (unpaired) electrons. The highest BCUT2D eigenvalue weighted by Gasteiger charge is 2.17. The van der Waals surface area contributed by atoms with Crippen LogP contribution in [0.5, 0.6) is 0 Å². The van der Waals surface area contributed by atoms with Crippen molar-refractivity contribution in [2.45, 2.75) is 51.9 Å². The third-order valence-corrected chi connectivity index (χ3v) is 3.19. The van der Waals surface area contributed by atoms with E-state index in [2.05, 4.69) is 19.6 Å². The average molecular weight is 166 g/mol. The Balaban J connectivity index is 2.12. The first kappa shape index (κ1) is 9.83. The van der Waals surface area contributed by atoms with Crippen molar-refractivity contribution < 1.29 is 0 Å². The molecule has 1 saturated carbocycles. The van der Waals surface area contributed by atoms with Crippen molar-refractivity contribution in [1.29, 1.82) is 0 Å². The first-order chi connectivity index (χ1) is 5.86. The van der Waals surface area contributed by atoms with Crippen molar-refractivity contribution in [1.82, 2.24) is 0 Å². The molecule has 1 aliphatic rings. The fourth-order valence-corrected chi connectivity index (χ4v) is 2.21. The summed E-state index contributed by atoms with van der Waals surface area (Å²) in [5, 5.41) is 0. The molecule has 70 valence electrons. The maximum absolute atomic E-state index is 3.87. The lowest BCUT2D eigenvalue weighted by atomic mass is 9.80. The molecule has 0 spiro atoms. The van der Waals surface area contributed by atoms with Gasteiger partial charge in [-0.2, -0.15) is 0 Å². The summed E-state index contributed by atoms with van der Waals surface area (Å²) >= 11 is 0. The molecule has 0 bridgehead atoms. The van der Waals surface area contributed by atoms with Gasteiger partial charge in [0.05, 0.1) is 0 Å². The van der Waals surface area contributed by atoms with Gasteiger partial charge in [-0.15, -0.1) is 6.58 Å². The summed E-state index contributed by atoms with van der Waals surface area (Å²) in [6.07, 6.45) is 12.1. The van der Waals surface area contributed by atoms with Gasteiger partial charge in [-0.05, 0) is 37.5 Å². The Bertz CT molecular complexity index is 118. The first-order valence-electron chi connectivity index (χ1n) is 5.49. The van der Waals surface area contributed by atoms with Gasteiger partial charge in [0, 0.05) is 0 Å². The predicted molar refractivity (Wildman–Crippen MR) is 55.2 cm³/mol. The van der Waals surface area contributed by atoms with Crippen molar-refractivity contribution >= 4 is 0 Å². The molecule has 12 heavy (non-hydrogen) atoms. The summed E-state index contributed by atoms with van der Waals surface area (Å²) in [5.74, 6) is 1.88. The molecule has 1 rings (SSSR count). The fourth-order valence-electron chi connectivity index (χ4n) is 2.21. The van der Waals surface area contributed by atoms with Crippen LogP contribution in [0.4, 0.5) is 0 Å². The SMILES string of the molecule is C=CC1CCC(CCCC)CC1. The van der Waals surface area contributed by atoms with E-state index in [0.29, 0.717) is 0 Å². The van der Waals surface area contributed by atoms with Gasteiger partial charge in [0.25, 0.3) is 0 Å². The summed E-state index contributed by atoms with van der Waals surface area (Å²) in [6, 6.07) is 0. The summed E-state index contributed by atoms with van der Waals surface area (Å²) < 4.78 is 0. The molecule has 0 amide bonds. The molecule has 1 fully saturated rings. The average Bonchev–Trinajstić information content (AvgIpc) is 2.15. The van der Waals surface area contributed by atoms with Crippen molar-refractivity contribution in [2.75, 3.05) is 0 Å². The number of rotatable bonds is 4. The molecule has 0 N–H and O–H groups in total. The Morgan fingerprint density at radius 1 is 1.25 bits per heavy atom. The van der Waals surface area contributed by atoms with Crippen molar-refractivity contribution in [3.05, 3.63) is 12.7 Å². The molecule has 0 unspecified atom stereocenters. The number of allylic oxidation sites excluding steroid dienone is 1. The fraction of sp³-hybridized carbons (Fsp3) is 0.833. The zero-order valence-corrected chi connectivity index (χ0v) is 8.39. The Morgan fingerprint density at radius 2 is 1.92 bits per heavy atom. The molecular weight excluding hydrogens is 144 g/mol. The smallest absolute Gasteiger partial charge is 0.0236 e. The second-order valence-electron chi connectivity index (χ2n) is 4.16. The second kappa shape index (κ2) is 5.40. The molecule has 0 atom stereocenters. The standard InChI is InChI=1S/C12H22/c1-3-5-6-12-9-7-11(4-2)8-10-12/h4,11-12H,2-3,5-10H2,1H3. The molecule has 0 heteroatoms. The molecule has 0 nitrogen and oxygen atoms in total. The molecule has 0 heterocycles. The molecule has 0 aromatic carbocycles. The van der Waals surface area contributed by atoms with E-state index >= 15 is 0 Å². The molecule has 0 aromatic rings. The summed E-state index contributed by atoms with van der Waals surface area (Å²) in [7, 11) is 0. The van der Waals surface area contributed by atoms with E-state index in [-0.39, 0.29) is 0 Å². The van der Waals surface area contributed by atoms with Crippen molar-refractivity contribution in [3.8, 4) is 0 Å². The van der Waals surface area contributed by atoms with Gasteiger partial charge in [0.15, 0.2) is 0 Å². The zero-order valence-electron chi connectivity index (χ0n) is 8.39. The van der Waals surface area contributed by atoms with E-state index < -0.39 is 0 Å². The van der Waals surface area contributed by atoms with E-state index in [0.717, 1.165) is 11.8 Å². The van der Waals surface area contributed by atoms with Gasteiger partial charge in [0.2, 0.25) is 0 Å². The minimum atomic E-state index is 0.836. The van der Waals surface area contributed by atoms with E-state index in [1.807, 2.05) is 0 Å². The van der Waals surface area contributed by atoms with Crippen LogP contribution in [0.3, 0.4) is 0 Å². The highest BCUT2D eigenvalue weighted by atomic mass is 14.2. The highest BCUT2D eigenvalue weighted by Crippen LogP contribution is 2.32. The van der Waals surface area contributed by atoms with Gasteiger partial charge >= 0.3 is 0 Å². The van der Waals surface area contributed by atoms with E-state index in [1.54, 1.807) is 0 Å². The van der Waals surface area contributed by atoms with Gasteiger partial charge in [-0.25, -0.2) is 0 Å². The molecule has 1 aliphatic carbocycles. The molecule has 0 saturated heterocycles. The molecular formula is C12H22. The van der Waals surface area contributed by atoms with Crippen LogP contribution in [0.25, 0.3) is 0 Å². The van der Waals surface area contributed by atoms with Crippen LogP contribution in [-0.2, 0) is 0 Å². The quantitative estimate of drug-likeness (QED) is 0.550. The number of hydrogen-bond donors (Lipinski definition) is 0. The van der Waals surface area contributed by atoms with E-state index in [9.17, 15) is 0 Å². The summed E-state index contributed by atoms with van der Waals surface area (Å²) in [4.78, 5) is 0. The van der Waals surface area contributed by atoms with Crippen molar-refractivity contribution in [3.63, 3.8) is 0 Å². The Hall–Kier alpha value is -0.260. The highest BCUT2D eigenvalue weighted by molar-refractivity contribution is 4.83. The minimum Gasteiger partial charge on any atom is -0.103 e. The number of unbranched alkanes of at least 4 members (excludes halogenated alkanes) is 1. The van der Waals surface area contributed by atoms with Gasteiger partial charge in [-0.1, -0.05) is 32.3 Å². The normalized spacial score (nSPS) is 30.1. The number of hydrogen-bond acceptors (Lipinski definition) is 0. The molecule has 0 aromatic heterocycles. The Kier molecular flexibility index (Phi) is 4.42. The van der Waals surface area contributed by atoms with Crippen LogP contribution in [0.1, 0.15) is 51.9 Å². The Morgan fingerprint density at radius 3 is 2.42 bits per heavy atom. The van der Waals surface area contributed by atoms with Crippen LogP contribution in [0.15, 0.2) is 12.7 Å². The second-order valence-corrected chi connectivity index (χ2v) is 4.16. The lowest BCUT2D eigenvalue weighted by molar-refractivity contribution is 0.291. The summed E-state index contributed by atoms with van der Waals surface area (Å²) in [6.45, 7) is 6.16.